The van der Waals surface area contributed by atoms with E-state index in [2.05, 4.69) is 25.8 Å². The third-order valence-electron chi connectivity index (χ3n) is 2.02. The van der Waals surface area contributed by atoms with Crippen molar-refractivity contribution in [3.63, 3.8) is 0 Å². The van der Waals surface area contributed by atoms with Crippen LogP contribution in [0.2, 0.25) is 0 Å². The van der Waals surface area contributed by atoms with Crippen LogP contribution in [0, 0.1) is 0 Å². The molecule has 1 rings (SSSR count). The number of pyridine rings is 1. The van der Waals surface area contributed by atoms with Gasteiger partial charge in [-0.25, -0.2) is 8.42 Å². The summed E-state index contributed by atoms with van der Waals surface area (Å²) in [4.78, 5) is 4.27. The van der Waals surface area contributed by atoms with Crippen molar-refractivity contribution in [3.05, 3.63) is 29.6 Å². The van der Waals surface area contributed by atoms with E-state index in [9.17, 15) is 8.42 Å². The Morgan fingerprint density at radius 3 is 2.20 bits per heavy atom. The van der Waals surface area contributed by atoms with Crippen LogP contribution in [0.25, 0.3) is 0 Å². The second-order valence-electron chi connectivity index (χ2n) is 4.87. The molecule has 1 heterocycles. The van der Waals surface area contributed by atoms with E-state index < -0.39 is 9.84 Å². The Labute approximate surface area is 91.5 Å². The van der Waals surface area contributed by atoms with Gasteiger partial charge in [0.15, 0.2) is 9.84 Å². The highest BCUT2D eigenvalue weighted by molar-refractivity contribution is 7.89. The van der Waals surface area contributed by atoms with E-state index in [0.717, 1.165) is 11.3 Å². The summed E-state index contributed by atoms with van der Waals surface area (Å²) in [7, 11) is -2.97. The van der Waals surface area contributed by atoms with Gasteiger partial charge in [-0.15, -0.1) is 0 Å². The highest BCUT2D eigenvalue weighted by Crippen LogP contribution is 2.19. The zero-order chi connectivity index (χ0) is 11.7. The predicted octanol–water partition coefficient (Wildman–Crippen LogP) is 1.92. The Kier molecular flexibility index (Phi) is 3.19. The summed E-state index contributed by atoms with van der Waals surface area (Å²) in [6.45, 7) is 6.22. The van der Waals surface area contributed by atoms with Crippen molar-refractivity contribution >= 4 is 9.84 Å². The fourth-order valence-electron chi connectivity index (χ4n) is 1.26. The van der Waals surface area contributed by atoms with Crippen LogP contribution in [0.1, 0.15) is 32.0 Å². The zero-order valence-electron chi connectivity index (χ0n) is 9.61. The minimum absolute atomic E-state index is 0.00359. The Morgan fingerprint density at radius 2 is 1.87 bits per heavy atom. The summed E-state index contributed by atoms with van der Waals surface area (Å²) < 4.78 is 22.1. The minimum atomic E-state index is -2.97. The lowest BCUT2D eigenvalue weighted by atomic mass is 9.91. The highest BCUT2D eigenvalue weighted by atomic mass is 32.2. The fraction of sp³-hybridized carbons (Fsp3) is 0.545. The molecule has 0 aliphatic heterocycles. The number of nitrogens with zero attached hydrogens (tertiary/aromatic N) is 1. The van der Waals surface area contributed by atoms with E-state index in [-0.39, 0.29) is 11.2 Å². The lowest BCUT2D eigenvalue weighted by Crippen LogP contribution is -2.13. The van der Waals surface area contributed by atoms with E-state index >= 15 is 0 Å². The zero-order valence-corrected chi connectivity index (χ0v) is 10.4. The van der Waals surface area contributed by atoms with Gasteiger partial charge in [-0.3, -0.25) is 4.98 Å². The van der Waals surface area contributed by atoms with Gasteiger partial charge in [0.25, 0.3) is 0 Å². The molecule has 1 aromatic heterocycles. The number of hydrogen-bond donors (Lipinski definition) is 0. The van der Waals surface area contributed by atoms with E-state index in [4.69, 9.17) is 0 Å². The first-order valence-electron chi connectivity index (χ1n) is 4.81. The third kappa shape index (κ3) is 4.00. The lowest BCUT2D eigenvalue weighted by Gasteiger charge is -2.17. The molecule has 15 heavy (non-hydrogen) atoms. The summed E-state index contributed by atoms with van der Waals surface area (Å²) >= 11 is 0. The summed E-state index contributed by atoms with van der Waals surface area (Å²) in [5.41, 5.74) is 1.72. The van der Waals surface area contributed by atoms with Crippen LogP contribution in [-0.4, -0.2) is 19.7 Å². The molecule has 0 radical (unpaired) electrons. The molecule has 0 atom stereocenters. The quantitative estimate of drug-likeness (QED) is 0.775. The van der Waals surface area contributed by atoms with Crippen molar-refractivity contribution in [2.24, 2.45) is 0 Å². The molecule has 0 amide bonds. The number of rotatable bonds is 2. The molecule has 1 aromatic rings. The van der Waals surface area contributed by atoms with Crippen LogP contribution < -0.4 is 0 Å². The Bertz CT molecular complexity index is 427. The van der Waals surface area contributed by atoms with Gasteiger partial charge in [-0.2, -0.15) is 0 Å². The molecule has 84 valence electrons. The number of sulfone groups is 1. The normalized spacial score (nSPS) is 12.8. The summed E-state index contributed by atoms with van der Waals surface area (Å²) in [5.74, 6) is 0.0599. The molecular weight excluding hydrogens is 210 g/mol. The van der Waals surface area contributed by atoms with Gasteiger partial charge >= 0.3 is 0 Å². The Hall–Kier alpha value is -0.900. The second-order valence-corrected chi connectivity index (χ2v) is 7.01. The van der Waals surface area contributed by atoms with Crippen LogP contribution in [0.4, 0.5) is 0 Å². The molecule has 0 fully saturated rings. The van der Waals surface area contributed by atoms with E-state index in [1.165, 1.54) is 6.26 Å². The molecule has 0 unspecified atom stereocenters. The highest BCUT2D eigenvalue weighted by Gasteiger charge is 2.15. The van der Waals surface area contributed by atoms with Gasteiger partial charge in [-0.05, 0) is 11.6 Å². The first-order valence-corrected chi connectivity index (χ1v) is 6.88. The van der Waals surface area contributed by atoms with Gasteiger partial charge in [0.1, 0.15) is 0 Å². The van der Waals surface area contributed by atoms with Crippen molar-refractivity contribution in [2.45, 2.75) is 31.9 Å². The van der Waals surface area contributed by atoms with Crippen LogP contribution in [0.3, 0.4) is 0 Å². The molecule has 0 aliphatic rings. The minimum Gasteiger partial charge on any atom is -0.260 e. The molecule has 4 heteroatoms. The summed E-state index contributed by atoms with van der Waals surface area (Å²) in [6.07, 6.45) is 2.87. The monoisotopic (exact) mass is 227 g/mol. The smallest absolute Gasteiger partial charge is 0.151 e. The van der Waals surface area contributed by atoms with E-state index in [0.29, 0.717) is 0 Å². The lowest BCUT2D eigenvalue weighted by molar-refractivity contribution is 0.568. The third-order valence-corrected chi connectivity index (χ3v) is 2.88. The molecular formula is C11H17NO2S. The number of hydrogen-bond acceptors (Lipinski definition) is 3. The van der Waals surface area contributed by atoms with Crippen molar-refractivity contribution in [1.29, 1.82) is 0 Å². The number of aromatic nitrogens is 1. The molecule has 0 saturated heterocycles. The maximum atomic E-state index is 11.1. The first-order chi connectivity index (χ1) is 6.68. The topological polar surface area (TPSA) is 47.0 Å². The molecule has 0 aromatic carbocycles. The van der Waals surface area contributed by atoms with Crippen molar-refractivity contribution < 1.29 is 8.42 Å². The standard InChI is InChI=1S/C11H17NO2S/c1-11(2,3)10-6-5-9(7-12-10)8-15(4,13)14/h5-7H,8H2,1-4H3. The fourth-order valence-corrected chi connectivity index (χ4v) is 2.03. The molecule has 3 nitrogen and oxygen atoms in total. The largest absolute Gasteiger partial charge is 0.260 e. The molecule has 0 bridgehead atoms. The summed E-state index contributed by atoms with van der Waals surface area (Å²) in [5, 5.41) is 0. The Balaban J connectivity index is 2.91. The van der Waals surface area contributed by atoms with Crippen LogP contribution in [0.5, 0.6) is 0 Å². The predicted molar refractivity (Wildman–Crippen MR) is 61.5 cm³/mol. The van der Waals surface area contributed by atoms with Gasteiger partial charge in [0.2, 0.25) is 0 Å². The maximum absolute atomic E-state index is 11.1. The van der Waals surface area contributed by atoms with E-state index in [1.807, 2.05) is 12.1 Å². The molecule has 0 aliphatic carbocycles. The van der Waals surface area contributed by atoms with Gasteiger partial charge in [0, 0.05) is 23.6 Å². The van der Waals surface area contributed by atoms with Crippen molar-refractivity contribution in [1.82, 2.24) is 4.98 Å². The van der Waals surface area contributed by atoms with Crippen LogP contribution in [0.15, 0.2) is 18.3 Å². The SMILES string of the molecule is CC(C)(C)c1ccc(CS(C)(=O)=O)cn1. The van der Waals surface area contributed by atoms with Gasteiger partial charge in [0.05, 0.1) is 5.75 Å². The first kappa shape index (κ1) is 12.2. The van der Waals surface area contributed by atoms with Gasteiger partial charge < -0.3 is 0 Å². The Morgan fingerprint density at radius 1 is 1.27 bits per heavy atom. The van der Waals surface area contributed by atoms with Crippen molar-refractivity contribution in [3.8, 4) is 0 Å². The molecule has 0 spiro atoms. The second kappa shape index (κ2) is 3.93. The molecule has 0 N–H and O–H groups in total. The van der Waals surface area contributed by atoms with Crippen molar-refractivity contribution in [2.75, 3.05) is 6.26 Å². The van der Waals surface area contributed by atoms with Gasteiger partial charge in [-0.1, -0.05) is 26.8 Å². The maximum Gasteiger partial charge on any atom is 0.151 e. The average molecular weight is 227 g/mol. The van der Waals surface area contributed by atoms with Crippen LogP contribution in [-0.2, 0) is 21.0 Å². The average Bonchev–Trinajstić information content (AvgIpc) is 2.00. The van der Waals surface area contributed by atoms with E-state index in [1.54, 1.807) is 6.20 Å². The van der Waals surface area contributed by atoms with Crippen LogP contribution >= 0.6 is 0 Å². The summed E-state index contributed by atoms with van der Waals surface area (Å²) in [6, 6.07) is 3.72. The molecule has 0 saturated carbocycles.